The number of ether oxygens (including phenoxy) is 2. The van der Waals surface area contributed by atoms with Gasteiger partial charge in [0.1, 0.15) is 12.4 Å². The Hall–Kier alpha value is -4.67. The molecule has 0 aliphatic carbocycles. The van der Waals surface area contributed by atoms with Crippen molar-refractivity contribution in [1.29, 1.82) is 0 Å². The number of rotatable bonds is 12. The molecule has 0 bridgehead atoms. The molecule has 1 unspecified atom stereocenters. The Bertz CT molecular complexity index is 1840. The van der Waals surface area contributed by atoms with Crippen LogP contribution in [0.5, 0.6) is 5.75 Å². The minimum absolute atomic E-state index is 0.119. The number of hydrogen-bond acceptors (Lipinski definition) is 7. The van der Waals surface area contributed by atoms with Crippen LogP contribution in [0.1, 0.15) is 66.2 Å². The number of carbonyl (C=O) groups excluding carboxylic acids is 1. The van der Waals surface area contributed by atoms with Gasteiger partial charge in [0.05, 0.1) is 28.5 Å². The molecule has 1 aliphatic heterocycles. The fourth-order valence-electron chi connectivity index (χ4n) is 5.76. The van der Waals surface area contributed by atoms with Gasteiger partial charge in [-0.05, 0) is 63.8 Å². The van der Waals surface area contributed by atoms with Gasteiger partial charge in [-0.25, -0.2) is 14.3 Å². The third-order valence-corrected chi connectivity index (χ3v) is 8.20. The van der Waals surface area contributed by atoms with Crippen molar-refractivity contribution in [2.45, 2.75) is 58.8 Å². The molecule has 0 radical (unpaired) electrons. The van der Waals surface area contributed by atoms with Gasteiger partial charge in [0.25, 0.3) is 5.91 Å². The Balaban J connectivity index is 1.66. The highest BCUT2D eigenvalue weighted by Gasteiger charge is 2.35. The van der Waals surface area contributed by atoms with Gasteiger partial charge in [0, 0.05) is 36.0 Å². The molecule has 2 aromatic carbocycles. The van der Waals surface area contributed by atoms with Gasteiger partial charge < -0.3 is 24.8 Å². The second-order valence-corrected chi connectivity index (χ2v) is 12.7. The van der Waals surface area contributed by atoms with E-state index in [4.69, 9.17) is 26.1 Å². The number of anilines is 1. The van der Waals surface area contributed by atoms with Crippen LogP contribution in [0, 0.1) is 6.92 Å². The monoisotopic (exact) mass is 657 g/mol. The molecule has 0 spiro atoms. The van der Waals surface area contributed by atoms with Gasteiger partial charge in [-0.2, -0.15) is 5.10 Å². The first kappa shape index (κ1) is 33.7. The van der Waals surface area contributed by atoms with E-state index >= 15 is 0 Å². The number of nitrogens with zero attached hydrogens (tertiary/aromatic N) is 4. The maximum atomic E-state index is 13.5. The number of allylic oxidation sites excluding steroid dienone is 1. The number of carboxylic acids is 1. The molecule has 1 amide bonds. The Morgan fingerprint density at radius 2 is 1.91 bits per heavy atom. The molecular weight excluding hydrogens is 618 g/mol. The number of fused-ring (bicyclic) bond motifs is 2. The summed E-state index contributed by atoms with van der Waals surface area (Å²) in [6.45, 7) is 16.7. The van der Waals surface area contributed by atoms with Crippen molar-refractivity contribution in [1.82, 2.24) is 19.9 Å². The summed E-state index contributed by atoms with van der Waals surface area (Å²) in [6, 6.07) is 13.1. The smallest absolute Gasteiger partial charge is 0.337 e. The van der Waals surface area contributed by atoms with Crippen molar-refractivity contribution in [3.63, 3.8) is 0 Å². The van der Waals surface area contributed by atoms with Crippen LogP contribution in [0.25, 0.3) is 16.9 Å². The highest BCUT2D eigenvalue weighted by molar-refractivity contribution is 6.36. The highest BCUT2D eigenvalue weighted by Crippen LogP contribution is 2.46. The van der Waals surface area contributed by atoms with Gasteiger partial charge in [-0.1, -0.05) is 48.0 Å². The number of hydrogen-bond donors (Lipinski definition) is 2. The molecule has 10 nitrogen and oxygen atoms in total. The minimum Gasteiger partial charge on any atom is -0.490 e. The average molecular weight is 658 g/mol. The second kappa shape index (κ2) is 14.0. The molecular formula is C36H40ClN5O5. The number of benzene rings is 2. The van der Waals surface area contributed by atoms with Crippen LogP contribution in [0.15, 0.2) is 67.8 Å². The Morgan fingerprint density at radius 3 is 2.60 bits per heavy atom. The van der Waals surface area contributed by atoms with E-state index in [9.17, 15) is 14.7 Å². The summed E-state index contributed by atoms with van der Waals surface area (Å²) in [5, 5.41) is 18.5. The Morgan fingerprint density at radius 1 is 1.17 bits per heavy atom. The third kappa shape index (κ3) is 7.18. The molecule has 3 heterocycles. The summed E-state index contributed by atoms with van der Waals surface area (Å²) in [6.07, 6.45) is 3.88. The third-order valence-electron chi connectivity index (χ3n) is 7.81. The summed E-state index contributed by atoms with van der Waals surface area (Å²) in [7, 11) is 0. The normalized spacial score (nSPS) is 13.5. The largest absolute Gasteiger partial charge is 0.490 e. The molecule has 2 N–H and O–H groups in total. The first-order valence-electron chi connectivity index (χ1n) is 15.5. The maximum Gasteiger partial charge on any atom is 0.337 e. The zero-order chi connectivity index (χ0) is 33.9. The van der Waals surface area contributed by atoms with E-state index in [1.54, 1.807) is 52.0 Å². The Labute approximate surface area is 279 Å². The predicted molar refractivity (Wildman–Crippen MR) is 183 cm³/mol. The lowest BCUT2D eigenvalue weighted by atomic mass is 9.97. The number of amides is 1. The van der Waals surface area contributed by atoms with E-state index < -0.39 is 23.6 Å². The first-order chi connectivity index (χ1) is 22.4. The van der Waals surface area contributed by atoms with Crippen LogP contribution in [0.2, 0.25) is 5.02 Å². The second-order valence-electron chi connectivity index (χ2n) is 12.3. The summed E-state index contributed by atoms with van der Waals surface area (Å²) in [4.78, 5) is 33.1. The number of carboxylic acid groups (broad SMARTS) is 1. The van der Waals surface area contributed by atoms with E-state index in [2.05, 4.69) is 28.5 Å². The van der Waals surface area contributed by atoms with Crippen molar-refractivity contribution in [2.75, 3.05) is 24.6 Å². The van der Waals surface area contributed by atoms with Crippen LogP contribution < -0.4 is 15.0 Å². The molecule has 0 fully saturated rings. The van der Waals surface area contributed by atoms with Gasteiger partial charge in [-0.3, -0.25) is 4.79 Å². The predicted octanol–water partition coefficient (Wildman–Crippen LogP) is 6.73. The van der Waals surface area contributed by atoms with Crippen LogP contribution in [0.3, 0.4) is 0 Å². The lowest BCUT2D eigenvalue weighted by molar-refractivity contribution is -0.160. The van der Waals surface area contributed by atoms with Crippen molar-refractivity contribution in [3.05, 3.63) is 101 Å². The fourth-order valence-corrected chi connectivity index (χ4v) is 6.12. The fraction of sp³-hybridized carbons (Fsp3) is 0.333. The molecule has 11 heteroatoms. The van der Waals surface area contributed by atoms with Crippen molar-refractivity contribution >= 4 is 34.8 Å². The topological polar surface area (TPSA) is 118 Å². The standard InChI is InChI=1S/C36H40ClN5O5/c1-7-9-12-23-13-10-11-14-24(23)21-38-34(43)26-20-28-39-22(3)29(33(35(44)45)47-36(4,5)6)31(42(28)40-26)25-15-16-27-32(30(25)37)41(17-8-2)18-19-46-27/h7-8,10-11,13-16,20,33H,1-2,9,12,17-19,21H2,3-6H3,(H,38,43)(H,44,45). The molecule has 0 saturated heterocycles. The maximum absolute atomic E-state index is 13.5. The molecule has 1 atom stereocenters. The van der Waals surface area contributed by atoms with E-state index in [0.29, 0.717) is 65.3 Å². The molecule has 1 aliphatic rings. The zero-order valence-corrected chi connectivity index (χ0v) is 27.9. The summed E-state index contributed by atoms with van der Waals surface area (Å²) in [5.41, 5.74) is 3.97. The quantitative estimate of drug-likeness (QED) is 0.161. The number of carbonyl (C=O) groups is 2. The van der Waals surface area contributed by atoms with Crippen LogP contribution in [-0.4, -0.2) is 56.9 Å². The van der Waals surface area contributed by atoms with E-state index in [1.807, 2.05) is 30.3 Å². The molecule has 47 heavy (non-hydrogen) atoms. The van der Waals surface area contributed by atoms with Crippen LogP contribution in [-0.2, 0) is 22.5 Å². The van der Waals surface area contributed by atoms with Crippen LogP contribution >= 0.6 is 11.6 Å². The molecule has 5 rings (SSSR count). The minimum atomic E-state index is -1.41. The highest BCUT2D eigenvalue weighted by atomic mass is 35.5. The first-order valence-corrected chi connectivity index (χ1v) is 15.9. The van der Waals surface area contributed by atoms with E-state index in [-0.39, 0.29) is 11.3 Å². The average Bonchev–Trinajstić information content (AvgIpc) is 3.45. The van der Waals surface area contributed by atoms with Crippen molar-refractivity contribution in [2.24, 2.45) is 0 Å². The van der Waals surface area contributed by atoms with Gasteiger partial charge in [0.15, 0.2) is 17.4 Å². The molecule has 4 aromatic rings. The lowest BCUT2D eigenvalue weighted by Gasteiger charge is -2.32. The van der Waals surface area contributed by atoms with Crippen LogP contribution in [0.4, 0.5) is 5.69 Å². The van der Waals surface area contributed by atoms with Gasteiger partial charge in [-0.15, -0.1) is 13.2 Å². The number of aliphatic carboxylic acids is 1. The van der Waals surface area contributed by atoms with Gasteiger partial charge in [0.2, 0.25) is 0 Å². The van der Waals surface area contributed by atoms with E-state index in [0.717, 1.165) is 24.0 Å². The van der Waals surface area contributed by atoms with Crippen molar-refractivity contribution in [3.8, 4) is 17.0 Å². The SMILES string of the molecule is C=CCCc1ccccc1CNC(=O)c1cc2nc(C)c(C(OC(C)(C)C)C(=O)O)c(-c3ccc4c(c3Cl)N(CC=C)CCO4)n2n1. The zero-order valence-electron chi connectivity index (χ0n) is 27.2. The van der Waals surface area contributed by atoms with E-state index in [1.165, 1.54) is 4.52 Å². The molecule has 246 valence electrons. The molecule has 2 aromatic heterocycles. The number of aryl methyl sites for hydroxylation is 2. The van der Waals surface area contributed by atoms with Gasteiger partial charge >= 0.3 is 5.97 Å². The summed E-state index contributed by atoms with van der Waals surface area (Å²) >= 11 is 7.18. The summed E-state index contributed by atoms with van der Waals surface area (Å²) < 4.78 is 13.5. The number of aromatic nitrogens is 3. The molecule has 0 saturated carbocycles. The lowest BCUT2D eigenvalue weighted by Crippen LogP contribution is -2.33. The summed E-state index contributed by atoms with van der Waals surface area (Å²) in [5.74, 6) is -0.997. The Kier molecular flexibility index (Phi) is 10.0. The number of halogens is 1. The number of nitrogens with one attached hydrogen (secondary N) is 1. The van der Waals surface area contributed by atoms with Crippen molar-refractivity contribution < 1.29 is 24.2 Å².